The minimum absolute atomic E-state index is 0.0415. The van der Waals surface area contributed by atoms with E-state index in [1.54, 1.807) is 0 Å². The normalized spacial score (nSPS) is 24.8. The molecule has 1 aliphatic heterocycles. The number of urea groups is 1. The van der Waals surface area contributed by atoms with Crippen LogP contribution in [-0.2, 0) is 11.2 Å². The zero-order valence-corrected chi connectivity index (χ0v) is 15.3. The van der Waals surface area contributed by atoms with Crippen molar-refractivity contribution < 1.29 is 14.6 Å². The van der Waals surface area contributed by atoms with E-state index in [2.05, 4.69) is 18.3 Å². The Morgan fingerprint density at radius 2 is 2.04 bits per heavy atom. The third-order valence-electron chi connectivity index (χ3n) is 5.87. The second-order valence-electron chi connectivity index (χ2n) is 7.25. The molecule has 0 bridgehead atoms. The number of nitrogens with zero attached hydrogens (tertiary/aromatic N) is 1. The second kappa shape index (κ2) is 7.75. The molecule has 3 rings (SSSR count). The van der Waals surface area contributed by atoms with Gasteiger partial charge in [-0.05, 0) is 37.8 Å². The number of aliphatic hydroxyl groups is 1. The van der Waals surface area contributed by atoms with E-state index in [0.29, 0.717) is 19.7 Å². The van der Waals surface area contributed by atoms with Gasteiger partial charge in [0.25, 0.3) is 0 Å². The van der Waals surface area contributed by atoms with Crippen LogP contribution in [0.4, 0.5) is 10.5 Å². The number of para-hydroxylation sites is 1. The van der Waals surface area contributed by atoms with E-state index in [0.717, 1.165) is 37.8 Å². The van der Waals surface area contributed by atoms with Gasteiger partial charge in [-0.25, -0.2) is 4.79 Å². The number of aryl methyl sites for hydroxylation is 1. The maximum Gasteiger partial charge on any atom is 0.321 e. The first kappa shape index (κ1) is 18.2. The highest BCUT2D eigenvalue weighted by atomic mass is 16.5. The summed E-state index contributed by atoms with van der Waals surface area (Å²) in [6, 6.07) is 7.96. The van der Waals surface area contributed by atoms with Crippen molar-refractivity contribution in [3.63, 3.8) is 0 Å². The van der Waals surface area contributed by atoms with E-state index in [-0.39, 0.29) is 23.7 Å². The van der Waals surface area contributed by atoms with E-state index in [1.807, 2.05) is 30.0 Å². The van der Waals surface area contributed by atoms with Crippen molar-refractivity contribution in [1.29, 1.82) is 0 Å². The molecule has 1 spiro atoms. The lowest BCUT2D eigenvalue weighted by Crippen LogP contribution is -2.63. The van der Waals surface area contributed by atoms with Crippen molar-refractivity contribution in [2.45, 2.75) is 58.2 Å². The predicted molar refractivity (Wildman–Crippen MR) is 98.7 cm³/mol. The first-order valence-electron chi connectivity index (χ1n) is 9.54. The van der Waals surface area contributed by atoms with Crippen molar-refractivity contribution in [2.24, 2.45) is 5.41 Å². The van der Waals surface area contributed by atoms with Crippen molar-refractivity contribution >= 4 is 11.7 Å². The highest BCUT2D eigenvalue weighted by Gasteiger charge is 2.56. The summed E-state index contributed by atoms with van der Waals surface area (Å²) in [5.74, 6) is 0. The molecule has 0 aromatic heterocycles. The summed E-state index contributed by atoms with van der Waals surface area (Å²) in [6.45, 7) is 6.15. The summed E-state index contributed by atoms with van der Waals surface area (Å²) in [7, 11) is 0. The minimum atomic E-state index is -0.292. The van der Waals surface area contributed by atoms with Crippen molar-refractivity contribution in [3.8, 4) is 0 Å². The van der Waals surface area contributed by atoms with Crippen LogP contribution in [0.25, 0.3) is 0 Å². The monoisotopic (exact) mass is 346 g/mol. The standard InChI is InChI=1S/C20H30N2O3/c1-3-7-15-8-5-6-9-16(15)21-19(24)22-12-10-20(11-13-22)17(23)14-18(20)25-4-2/h5-6,8-9,17-18,23H,3-4,7,10-14H2,1-2H3,(H,21,24)/t17-,18+/m0/s1. The predicted octanol–water partition coefficient (Wildman–Crippen LogP) is 3.42. The smallest absolute Gasteiger partial charge is 0.321 e. The van der Waals surface area contributed by atoms with Crippen LogP contribution < -0.4 is 5.32 Å². The Balaban J connectivity index is 1.59. The molecule has 1 saturated carbocycles. The van der Waals surface area contributed by atoms with Gasteiger partial charge in [0, 0.05) is 37.2 Å². The average Bonchev–Trinajstić information content (AvgIpc) is 2.63. The second-order valence-corrected chi connectivity index (χ2v) is 7.25. The number of rotatable bonds is 5. The molecule has 5 heteroatoms. The molecule has 5 nitrogen and oxygen atoms in total. The van der Waals surface area contributed by atoms with Crippen molar-refractivity contribution in [2.75, 3.05) is 25.0 Å². The van der Waals surface area contributed by atoms with Crippen LogP contribution in [0.5, 0.6) is 0 Å². The number of anilines is 1. The highest BCUT2D eigenvalue weighted by molar-refractivity contribution is 5.90. The first-order valence-corrected chi connectivity index (χ1v) is 9.54. The quantitative estimate of drug-likeness (QED) is 0.859. The van der Waals surface area contributed by atoms with Gasteiger partial charge in [0.2, 0.25) is 0 Å². The summed E-state index contributed by atoms with van der Waals surface area (Å²) in [6.07, 6.45) is 4.20. The number of carbonyl (C=O) groups excluding carboxylic acids is 1. The fourth-order valence-electron chi connectivity index (χ4n) is 4.27. The lowest BCUT2D eigenvalue weighted by atomic mass is 9.58. The molecule has 1 aliphatic carbocycles. The van der Waals surface area contributed by atoms with Crippen LogP contribution in [0.3, 0.4) is 0 Å². The molecule has 2 amide bonds. The summed E-state index contributed by atoms with van der Waals surface area (Å²) in [5, 5.41) is 13.3. The first-order chi connectivity index (χ1) is 12.1. The molecular formula is C20H30N2O3. The van der Waals surface area contributed by atoms with Gasteiger partial charge >= 0.3 is 6.03 Å². The molecule has 1 heterocycles. The SMILES string of the molecule is CCCc1ccccc1NC(=O)N1CCC2(CC1)[C@@H](O)C[C@H]2OCC. The van der Waals surface area contributed by atoms with Gasteiger partial charge < -0.3 is 20.1 Å². The zero-order chi connectivity index (χ0) is 17.9. The molecule has 0 unspecified atom stereocenters. The number of benzene rings is 1. The van der Waals surface area contributed by atoms with Gasteiger partial charge in [0.15, 0.2) is 0 Å². The molecule has 1 saturated heterocycles. The summed E-state index contributed by atoms with van der Waals surface area (Å²) in [4.78, 5) is 14.5. The molecule has 0 radical (unpaired) electrons. The van der Waals surface area contributed by atoms with E-state index in [4.69, 9.17) is 4.74 Å². The summed E-state index contributed by atoms with van der Waals surface area (Å²) in [5.41, 5.74) is 1.94. The number of amides is 2. The molecule has 25 heavy (non-hydrogen) atoms. The van der Waals surface area contributed by atoms with Crippen LogP contribution in [0.1, 0.15) is 45.1 Å². The van der Waals surface area contributed by atoms with Gasteiger partial charge in [-0.2, -0.15) is 0 Å². The third-order valence-corrected chi connectivity index (χ3v) is 5.87. The number of nitrogens with one attached hydrogen (secondary N) is 1. The zero-order valence-electron chi connectivity index (χ0n) is 15.3. The molecule has 2 fully saturated rings. The van der Waals surface area contributed by atoms with Gasteiger partial charge in [0.1, 0.15) is 0 Å². The topological polar surface area (TPSA) is 61.8 Å². The molecular weight excluding hydrogens is 316 g/mol. The van der Waals surface area contributed by atoms with Crippen LogP contribution in [0, 0.1) is 5.41 Å². The number of aliphatic hydroxyl groups excluding tert-OH is 1. The number of hydrogen-bond acceptors (Lipinski definition) is 3. The lowest BCUT2D eigenvalue weighted by Gasteiger charge is -2.56. The molecule has 1 aromatic carbocycles. The Hall–Kier alpha value is -1.59. The van der Waals surface area contributed by atoms with E-state index in [9.17, 15) is 9.90 Å². The van der Waals surface area contributed by atoms with Crippen LogP contribution >= 0.6 is 0 Å². The fraction of sp³-hybridized carbons (Fsp3) is 0.650. The van der Waals surface area contributed by atoms with E-state index < -0.39 is 0 Å². The number of likely N-dealkylation sites (tertiary alicyclic amines) is 1. The van der Waals surface area contributed by atoms with Gasteiger partial charge in [0.05, 0.1) is 12.2 Å². The van der Waals surface area contributed by atoms with Gasteiger partial charge in [-0.1, -0.05) is 31.5 Å². The Bertz CT molecular complexity index is 594. The van der Waals surface area contributed by atoms with Crippen LogP contribution in [-0.4, -0.2) is 47.9 Å². The van der Waals surface area contributed by atoms with E-state index in [1.165, 1.54) is 5.56 Å². The molecule has 1 aromatic rings. The number of hydrogen-bond donors (Lipinski definition) is 2. The van der Waals surface area contributed by atoms with Gasteiger partial charge in [-0.3, -0.25) is 0 Å². The minimum Gasteiger partial charge on any atom is -0.392 e. The van der Waals surface area contributed by atoms with Crippen LogP contribution in [0.2, 0.25) is 0 Å². The Morgan fingerprint density at radius 3 is 2.68 bits per heavy atom. The lowest BCUT2D eigenvalue weighted by molar-refractivity contribution is -0.207. The Kier molecular flexibility index (Phi) is 5.64. The van der Waals surface area contributed by atoms with Crippen LogP contribution in [0.15, 0.2) is 24.3 Å². The molecule has 138 valence electrons. The van der Waals surface area contributed by atoms with E-state index >= 15 is 0 Å². The molecule has 2 aliphatic rings. The Labute approximate surface area is 150 Å². The fourth-order valence-corrected chi connectivity index (χ4v) is 4.27. The number of ether oxygens (including phenoxy) is 1. The molecule has 2 N–H and O–H groups in total. The summed E-state index contributed by atoms with van der Waals surface area (Å²) >= 11 is 0. The van der Waals surface area contributed by atoms with Crippen molar-refractivity contribution in [1.82, 2.24) is 4.90 Å². The largest absolute Gasteiger partial charge is 0.392 e. The third kappa shape index (κ3) is 3.53. The summed E-state index contributed by atoms with van der Waals surface area (Å²) < 4.78 is 5.80. The van der Waals surface area contributed by atoms with Crippen molar-refractivity contribution in [3.05, 3.63) is 29.8 Å². The maximum atomic E-state index is 12.7. The number of piperidine rings is 1. The average molecular weight is 346 g/mol. The molecule has 2 atom stereocenters. The maximum absolute atomic E-state index is 12.7. The highest BCUT2D eigenvalue weighted by Crippen LogP contribution is 2.50. The van der Waals surface area contributed by atoms with Gasteiger partial charge in [-0.15, -0.1) is 0 Å². The number of carbonyl (C=O) groups is 1. The Morgan fingerprint density at radius 1 is 1.32 bits per heavy atom.